The highest BCUT2D eigenvalue weighted by Crippen LogP contribution is 2.36. The van der Waals surface area contributed by atoms with E-state index in [4.69, 9.17) is 16.1 Å². The van der Waals surface area contributed by atoms with E-state index in [2.05, 4.69) is 25.9 Å². The van der Waals surface area contributed by atoms with Crippen LogP contribution in [0.4, 0.5) is 18.9 Å². The van der Waals surface area contributed by atoms with Gasteiger partial charge in [0.05, 0.1) is 12.1 Å². The summed E-state index contributed by atoms with van der Waals surface area (Å²) in [6.07, 6.45) is -4.44. The van der Waals surface area contributed by atoms with Crippen LogP contribution in [-0.2, 0) is 12.7 Å². The first-order chi connectivity index (χ1) is 15.8. The summed E-state index contributed by atoms with van der Waals surface area (Å²) in [5.74, 6) is 0.537. The van der Waals surface area contributed by atoms with Crippen LogP contribution in [0.1, 0.15) is 11.3 Å². The van der Waals surface area contributed by atoms with E-state index < -0.39 is 11.7 Å². The molecule has 0 spiro atoms. The molecule has 4 rings (SSSR count). The average Bonchev–Trinajstić information content (AvgIpc) is 3.26. The van der Waals surface area contributed by atoms with Crippen molar-refractivity contribution in [1.29, 1.82) is 0 Å². The molecule has 0 bridgehead atoms. The average molecular weight is 479 g/mol. The summed E-state index contributed by atoms with van der Waals surface area (Å²) in [4.78, 5) is 6.83. The highest BCUT2D eigenvalue weighted by Gasteiger charge is 2.34. The molecule has 33 heavy (non-hydrogen) atoms. The van der Waals surface area contributed by atoms with Gasteiger partial charge in [0, 0.05) is 61.6 Å². The van der Waals surface area contributed by atoms with E-state index in [1.165, 1.54) is 12.1 Å². The van der Waals surface area contributed by atoms with Crippen LogP contribution < -0.4 is 4.90 Å². The first kappa shape index (κ1) is 23.6. The minimum Gasteiger partial charge on any atom is -0.369 e. The number of hydrogen-bond donors (Lipinski definition) is 0. The van der Waals surface area contributed by atoms with Gasteiger partial charge in [-0.1, -0.05) is 41.0 Å². The summed E-state index contributed by atoms with van der Waals surface area (Å²) >= 11 is 6.10. The number of anilines is 1. The second-order valence-corrected chi connectivity index (χ2v) is 8.70. The number of alkyl halides is 3. The Balaban J connectivity index is 1.27. The number of benzene rings is 2. The maximum atomic E-state index is 13.3. The van der Waals surface area contributed by atoms with Crippen LogP contribution in [0.2, 0.25) is 5.02 Å². The van der Waals surface area contributed by atoms with Crippen molar-refractivity contribution >= 4 is 17.3 Å². The molecule has 0 aliphatic carbocycles. The van der Waals surface area contributed by atoms with Gasteiger partial charge in [-0.05, 0) is 31.3 Å². The van der Waals surface area contributed by atoms with Crippen molar-refractivity contribution in [3.05, 3.63) is 70.9 Å². The molecule has 1 aliphatic heterocycles. The maximum absolute atomic E-state index is 13.3. The fourth-order valence-corrected chi connectivity index (χ4v) is 4.21. The topological polar surface area (TPSA) is 35.8 Å². The number of likely N-dealkylation sites (N-methyl/N-ethyl adjacent to an activating group) is 1. The lowest BCUT2D eigenvalue weighted by molar-refractivity contribution is -0.137. The number of halogens is 4. The Morgan fingerprint density at radius 3 is 2.52 bits per heavy atom. The molecule has 176 valence electrons. The Morgan fingerprint density at radius 2 is 1.79 bits per heavy atom. The third-order valence-corrected chi connectivity index (χ3v) is 6.07. The second kappa shape index (κ2) is 10.2. The van der Waals surface area contributed by atoms with Crippen molar-refractivity contribution in [1.82, 2.24) is 15.0 Å². The van der Waals surface area contributed by atoms with E-state index in [0.29, 0.717) is 12.3 Å². The SMILES string of the molecule is CN(CCN1CCN(c2cccc(Cl)c2)CC1)Cc1cc(-c2ccccc2C(F)(F)F)no1. The van der Waals surface area contributed by atoms with Crippen LogP contribution in [0.15, 0.2) is 59.1 Å². The van der Waals surface area contributed by atoms with E-state index in [9.17, 15) is 13.2 Å². The fourth-order valence-electron chi connectivity index (χ4n) is 4.03. The van der Waals surface area contributed by atoms with Gasteiger partial charge in [0.2, 0.25) is 0 Å². The zero-order valence-electron chi connectivity index (χ0n) is 18.4. The van der Waals surface area contributed by atoms with Gasteiger partial charge in [-0.3, -0.25) is 9.80 Å². The molecule has 5 nitrogen and oxygen atoms in total. The zero-order chi connectivity index (χ0) is 23.4. The normalized spacial score (nSPS) is 15.4. The summed E-state index contributed by atoms with van der Waals surface area (Å²) in [6.45, 7) is 5.98. The van der Waals surface area contributed by atoms with Crippen LogP contribution in [-0.4, -0.2) is 61.3 Å². The third-order valence-electron chi connectivity index (χ3n) is 5.84. The summed E-state index contributed by atoms with van der Waals surface area (Å²) in [5.41, 5.74) is 0.659. The van der Waals surface area contributed by atoms with E-state index in [1.54, 1.807) is 12.1 Å². The second-order valence-electron chi connectivity index (χ2n) is 8.27. The Kier molecular flexibility index (Phi) is 7.26. The van der Waals surface area contributed by atoms with Crippen LogP contribution in [0.25, 0.3) is 11.3 Å². The van der Waals surface area contributed by atoms with Crippen molar-refractivity contribution in [3.8, 4) is 11.3 Å². The van der Waals surface area contributed by atoms with E-state index >= 15 is 0 Å². The van der Waals surface area contributed by atoms with Gasteiger partial charge in [-0.15, -0.1) is 0 Å². The lowest BCUT2D eigenvalue weighted by Crippen LogP contribution is -2.48. The first-order valence-corrected chi connectivity index (χ1v) is 11.2. The predicted molar refractivity (Wildman–Crippen MR) is 123 cm³/mol. The molecule has 3 aromatic rings. The molecule has 1 saturated heterocycles. The fraction of sp³-hybridized carbons (Fsp3) is 0.375. The van der Waals surface area contributed by atoms with Gasteiger partial charge in [-0.25, -0.2) is 0 Å². The van der Waals surface area contributed by atoms with E-state index in [1.807, 2.05) is 25.2 Å². The Morgan fingerprint density at radius 1 is 1.03 bits per heavy atom. The minimum atomic E-state index is -4.44. The van der Waals surface area contributed by atoms with Crippen LogP contribution in [0, 0.1) is 0 Å². The van der Waals surface area contributed by atoms with Crippen LogP contribution in [0.3, 0.4) is 0 Å². The predicted octanol–water partition coefficient (Wildman–Crippen LogP) is 5.27. The minimum absolute atomic E-state index is 0.0280. The molecule has 0 saturated carbocycles. The standard InChI is InChI=1S/C24H26ClF3N4O/c1-30(9-10-31-11-13-32(14-12-31)19-6-4-5-18(25)15-19)17-20-16-23(29-33-20)21-7-2-3-8-22(21)24(26,27)28/h2-8,15-16H,9-14,17H2,1H3. The molecular formula is C24H26ClF3N4O. The summed E-state index contributed by atoms with van der Waals surface area (Å²) in [6, 6.07) is 14.9. The quantitative estimate of drug-likeness (QED) is 0.462. The molecule has 1 aromatic heterocycles. The van der Waals surface area contributed by atoms with Crippen molar-refractivity contribution in [2.24, 2.45) is 0 Å². The monoisotopic (exact) mass is 478 g/mol. The van der Waals surface area contributed by atoms with Crippen LogP contribution in [0.5, 0.6) is 0 Å². The number of aromatic nitrogens is 1. The highest BCUT2D eigenvalue weighted by molar-refractivity contribution is 6.30. The molecule has 0 unspecified atom stereocenters. The lowest BCUT2D eigenvalue weighted by atomic mass is 10.0. The first-order valence-electron chi connectivity index (χ1n) is 10.8. The number of rotatable bonds is 7. The largest absolute Gasteiger partial charge is 0.417 e. The van der Waals surface area contributed by atoms with Crippen molar-refractivity contribution in [2.75, 3.05) is 51.2 Å². The van der Waals surface area contributed by atoms with Crippen LogP contribution >= 0.6 is 11.6 Å². The molecule has 0 N–H and O–H groups in total. The van der Waals surface area contributed by atoms with E-state index in [-0.39, 0.29) is 11.3 Å². The van der Waals surface area contributed by atoms with E-state index in [0.717, 1.165) is 56.0 Å². The van der Waals surface area contributed by atoms with Gasteiger partial charge in [0.15, 0.2) is 5.76 Å². The lowest BCUT2D eigenvalue weighted by Gasteiger charge is -2.36. The van der Waals surface area contributed by atoms with Gasteiger partial charge in [0.25, 0.3) is 0 Å². The Labute approximate surface area is 196 Å². The Bertz CT molecular complexity index is 1060. The van der Waals surface area contributed by atoms with Crippen molar-refractivity contribution in [3.63, 3.8) is 0 Å². The third kappa shape index (κ3) is 6.07. The molecule has 1 aliphatic rings. The zero-order valence-corrected chi connectivity index (χ0v) is 19.1. The van der Waals surface area contributed by atoms with Gasteiger partial charge in [-0.2, -0.15) is 13.2 Å². The van der Waals surface area contributed by atoms with Gasteiger partial charge in [0.1, 0.15) is 5.69 Å². The Hall–Kier alpha value is -2.55. The molecule has 0 amide bonds. The summed E-state index contributed by atoms with van der Waals surface area (Å²) in [5, 5.41) is 4.62. The molecule has 1 fully saturated rings. The van der Waals surface area contributed by atoms with Crippen molar-refractivity contribution in [2.45, 2.75) is 12.7 Å². The van der Waals surface area contributed by atoms with Gasteiger partial charge < -0.3 is 9.42 Å². The molecule has 2 aromatic carbocycles. The molecule has 0 atom stereocenters. The molecule has 0 radical (unpaired) electrons. The van der Waals surface area contributed by atoms with Crippen molar-refractivity contribution < 1.29 is 17.7 Å². The van der Waals surface area contributed by atoms with Gasteiger partial charge >= 0.3 is 6.18 Å². The molecule has 2 heterocycles. The maximum Gasteiger partial charge on any atom is 0.417 e. The number of nitrogens with zero attached hydrogens (tertiary/aromatic N) is 4. The summed E-state index contributed by atoms with van der Waals surface area (Å²) < 4.78 is 45.2. The summed E-state index contributed by atoms with van der Waals surface area (Å²) in [7, 11) is 1.97. The molecular weight excluding hydrogens is 453 g/mol. The smallest absolute Gasteiger partial charge is 0.369 e. The highest BCUT2D eigenvalue weighted by atomic mass is 35.5. The molecule has 9 heteroatoms. The number of piperazine rings is 1. The number of hydrogen-bond acceptors (Lipinski definition) is 5.